The number of alkyl carbamates (subject to hydrolysis) is 1. The summed E-state index contributed by atoms with van der Waals surface area (Å²) < 4.78 is 5.01. The van der Waals surface area contributed by atoms with Gasteiger partial charge in [0.1, 0.15) is 5.60 Å². The zero-order valence-corrected chi connectivity index (χ0v) is 12.7. The minimum atomic E-state index is -1.96. The fraction of sp³-hybridized carbons (Fsp3) is 0.769. The fourth-order valence-electron chi connectivity index (χ4n) is 1.65. The average molecular weight is 289 g/mol. The lowest BCUT2D eigenvalue weighted by Gasteiger charge is -2.40. The number of carboxylic acids is 2. The lowest BCUT2D eigenvalue weighted by Crippen LogP contribution is -2.63. The van der Waals surface area contributed by atoms with Gasteiger partial charge in [0.25, 0.3) is 0 Å². The Bertz CT molecular complexity index is 404. The van der Waals surface area contributed by atoms with Gasteiger partial charge in [-0.15, -0.1) is 0 Å². The Morgan fingerprint density at radius 2 is 1.45 bits per heavy atom. The third-order valence-electron chi connectivity index (χ3n) is 2.78. The maximum absolute atomic E-state index is 11.8. The van der Waals surface area contributed by atoms with Crippen LogP contribution >= 0.6 is 0 Å². The van der Waals surface area contributed by atoms with Crippen LogP contribution in [-0.2, 0) is 14.3 Å². The first-order valence-corrected chi connectivity index (χ1v) is 6.17. The minimum Gasteiger partial charge on any atom is -0.481 e. The minimum absolute atomic E-state index is 0.745. The average Bonchev–Trinajstić information content (AvgIpc) is 2.09. The van der Waals surface area contributed by atoms with E-state index in [9.17, 15) is 19.5 Å². The van der Waals surface area contributed by atoms with Crippen molar-refractivity contribution in [3.63, 3.8) is 0 Å². The van der Waals surface area contributed by atoms with Crippen LogP contribution in [0.25, 0.3) is 0 Å². The topological polar surface area (TPSA) is 113 Å². The van der Waals surface area contributed by atoms with E-state index in [4.69, 9.17) is 9.84 Å². The first kappa shape index (κ1) is 18.2. The highest BCUT2D eigenvalue weighted by Gasteiger charge is 2.52. The third-order valence-corrected chi connectivity index (χ3v) is 2.78. The molecule has 0 radical (unpaired) electrons. The Morgan fingerprint density at radius 1 is 1.00 bits per heavy atom. The quantitative estimate of drug-likeness (QED) is 0.728. The van der Waals surface area contributed by atoms with Crippen LogP contribution in [-0.4, -0.2) is 39.4 Å². The van der Waals surface area contributed by atoms with Gasteiger partial charge in [-0.3, -0.25) is 4.79 Å². The Labute approximate surface area is 118 Å². The second-order valence-corrected chi connectivity index (χ2v) is 6.66. The zero-order chi connectivity index (χ0) is 16.4. The molecular weight excluding hydrogens is 266 g/mol. The van der Waals surface area contributed by atoms with E-state index < -0.39 is 41.0 Å². The van der Waals surface area contributed by atoms with Crippen LogP contribution in [0.1, 0.15) is 48.0 Å². The highest BCUT2D eigenvalue weighted by Crippen LogP contribution is 2.34. The van der Waals surface area contributed by atoms with Crippen molar-refractivity contribution in [3.8, 4) is 0 Å². The summed E-state index contributed by atoms with van der Waals surface area (Å²) in [5.74, 6) is -2.74. The van der Waals surface area contributed by atoms with Crippen molar-refractivity contribution in [2.24, 2.45) is 5.41 Å². The lowest BCUT2D eigenvalue weighted by molar-refractivity contribution is -0.156. The molecule has 0 aromatic heterocycles. The maximum atomic E-state index is 11.8. The van der Waals surface area contributed by atoms with Gasteiger partial charge in [0.15, 0.2) is 5.54 Å². The van der Waals surface area contributed by atoms with Crippen molar-refractivity contribution in [2.45, 2.75) is 59.1 Å². The molecule has 116 valence electrons. The molecule has 0 bridgehead atoms. The molecule has 0 aliphatic heterocycles. The van der Waals surface area contributed by atoms with E-state index in [1.54, 1.807) is 41.5 Å². The van der Waals surface area contributed by atoms with E-state index in [0.717, 1.165) is 0 Å². The molecule has 1 amide bonds. The van der Waals surface area contributed by atoms with Crippen molar-refractivity contribution < 1.29 is 29.3 Å². The maximum Gasteiger partial charge on any atom is 0.408 e. The van der Waals surface area contributed by atoms with Crippen LogP contribution in [0.5, 0.6) is 0 Å². The monoisotopic (exact) mass is 289 g/mol. The van der Waals surface area contributed by atoms with Gasteiger partial charge in [-0.1, -0.05) is 20.8 Å². The first-order chi connectivity index (χ1) is 8.71. The Balaban J connectivity index is 5.48. The van der Waals surface area contributed by atoms with Crippen molar-refractivity contribution in [3.05, 3.63) is 0 Å². The summed E-state index contributed by atoms with van der Waals surface area (Å²) in [6.07, 6.45) is -1.71. The van der Waals surface area contributed by atoms with Crippen molar-refractivity contribution >= 4 is 18.0 Å². The number of amides is 1. The predicted molar refractivity (Wildman–Crippen MR) is 71.4 cm³/mol. The number of carbonyl (C=O) groups excluding carboxylic acids is 1. The summed E-state index contributed by atoms with van der Waals surface area (Å²) in [5, 5.41) is 20.6. The number of nitrogens with one attached hydrogen (secondary N) is 1. The molecule has 0 fully saturated rings. The van der Waals surface area contributed by atoms with Gasteiger partial charge < -0.3 is 20.3 Å². The molecule has 7 heteroatoms. The largest absolute Gasteiger partial charge is 0.481 e. The number of ether oxygens (including phenoxy) is 1. The van der Waals surface area contributed by atoms with Gasteiger partial charge in [-0.25, -0.2) is 9.59 Å². The standard InChI is InChI=1S/C13H23NO6/c1-11(2,3)13(9(17)18,7-8(15)16)14-10(19)20-12(4,5)6/h7H2,1-6H3,(H,14,19)(H,15,16)(H,17,18)/t13-/m0/s1. The molecule has 1 atom stereocenters. The SMILES string of the molecule is CC(C)(C)OC(=O)N[C@@](CC(=O)O)(C(=O)O)C(C)(C)C. The summed E-state index contributed by atoms with van der Waals surface area (Å²) in [7, 11) is 0. The second kappa shape index (κ2) is 5.68. The number of aliphatic carboxylic acids is 2. The number of carboxylic acid groups (broad SMARTS) is 2. The van der Waals surface area contributed by atoms with Gasteiger partial charge >= 0.3 is 18.0 Å². The molecule has 7 nitrogen and oxygen atoms in total. The van der Waals surface area contributed by atoms with Crippen LogP contribution in [0, 0.1) is 5.41 Å². The van der Waals surface area contributed by atoms with Crippen LogP contribution in [0.2, 0.25) is 0 Å². The fourth-order valence-corrected chi connectivity index (χ4v) is 1.65. The third kappa shape index (κ3) is 4.71. The van der Waals surface area contributed by atoms with E-state index in [2.05, 4.69) is 5.32 Å². The van der Waals surface area contributed by atoms with Gasteiger partial charge in [-0.05, 0) is 26.2 Å². The molecule has 0 saturated heterocycles. The molecule has 0 heterocycles. The molecule has 20 heavy (non-hydrogen) atoms. The normalized spacial score (nSPS) is 15.1. The van der Waals surface area contributed by atoms with E-state index in [1.165, 1.54) is 0 Å². The summed E-state index contributed by atoms with van der Waals surface area (Å²) in [6.45, 7) is 9.51. The van der Waals surface area contributed by atoms with Gasteiger partial charge in [0, 0.05) is 0 Å². The smallest absolute Gasteiger partial charge is 0.408 e. The molecule has 0 saturated carbocycles. The molecule has 3 N–H and O–H groups in total. The summed E-state index contributed by atoms with van der Waals surface area (Å²) in [6, 6.07) is 0. The molecule has 0 aliphatic rings. The Kier molecular flexibility index (Phi) is 5.17. The van der Waals surface area contributed by atoms with E-state index in [0.29, 0.717) is 0 Å². The molecular formula is C13H23NO6. The first-order valence-electron chi connectivity index (χ1n) is 6.17. The lowest BCUT2D eigenvalue weighted by atomic mass is 9.71. The second-order valence-electron chi connectivity index (χ2n) is 6.66. The van der Waals surface area contributed by atoms with Crippen LogP contribution < -0.4 is 5.32 Å². The van der Waals surface area contributed by atoms with Gasteiger partial charge in [0.2, 0.25) is 0 Å². The molecule has 0 aromatic rings. The predicted octanol–water partition coefficient (Wildman–Crippen LogP) is 1.86. The van der Waals surface area contributed by atoms with E-state index >= 15 is 0 Å². The molecule has 0 aliphatic carbocycles. The number of hydrogen-bond donors (Lipinski definition) is 3. The number of hydrogen-bond acceptors (Lipinski definition) is 4. The van der Waals surface area contributed by atoms with Crippen molar-refractivity contribution in [1.29, 1.82) is 0 Å². The van der Waals surface area contributed by atoms with Crippen LogP contribution in [0.3, 0.4) is 0 Å². The Morgan fingerprint density at radius 3 is 1.70 bits per heavy atom. The van der Waals surface area contributed by atoms with Gasteiger partial charge in [0.05, 0.1) is 6.42 Å². The zero-order valence-electron chi connectivity index (χ0n) is 12.7. The van der Waals surface area contributed by atoms with Crippen LogP contribution in [0.15, 0.2) is 0 Å². The highest BCUT2D eigenvalue weighted by atomic mass is 16.6. The van der Waals surface area contributed by atoms with E-state index in [-0.39, 0.29) is 0 Å². The molecule has 0 rings (SSSR count). The number of carbonyl (C=O) groups is 3. The number of rotatable bonds is 4. The molecule has 0 spiro atoms. The Hall–Kier alpha value is -1.79. The summed E-state index contributed by atoms with van der Waals surface area (Å²) in [4.78, 5) is 34.4. The highest BCUT2D eigenvalue weighted by molar-refractivity contribution is 5.89. The van der Waals surface area contributed by atoms with Gasteiger partial charge in [-0.2, -0.15) is 0 Å². The summed E-state index contributed by atoms with van der Waals surface area (Å²) >= 11 is 0. The van der Waals surface area contributed by atoms with Crippen molar-refractivity contribution in [1.82, 2.24) is 5.32 Å². The van der Waals surface area contributed by atoms with Crippen LogP contribution in [0.4, 0.5) is 4.79 Å². The van der Waals surface area contributed by atoms with E-state index in [1.807, 2.05) is 0 Å². The molecule has 0 aromatic carbocycles. The summed E-state index contributed by atoms with van der Waals surface area (Å²) in [5.41, 5.74) is -3.79. The van der Waals surface area contributed by atoms with Crippen molar-refractivity contribution in [2.75, 3.05) is 0 Å². The molecule has 0 unspecified atom stereocenters.